The van der Waals surface area contributed by atoms with E-state index in [1.807, 2.05) is 36.1 Å². The maximum absolute atomic E-state index is 12.0. The number of benzene rings is 1. The summed E-state index contributed by atoms with van der Waals surface area (Å²) in [5, 5.41) is 17.4. The van der Waals surface area contributed by atoms with Gasteiger partial charge in [-0.05, 0) is 24.0 Å². The maximum Gasteiger partial charge on any atom is -0.171 e. The zero-order chi connectivity index (χ0) is 26.0. The summed E-state index contributed by atoms with van der Waals surface area (Å²) in [7, 11) is 0. The van der Waals surface area contributed by atoms with Gasteiger partial charge in [0.2, 0.25) is 5.91 Å². The topological polar surface area (TPSA) is 147 Å². The Morgan fingerprint density at radius 2 is 1.74 bits per heavy atom. The number of halogens is 4. The number of hydrogen-bond acceptors (Lipinski definition) is 3. The predicted molar refractivity (Wildman–Crippen MR) is 124 cm³/mol. The fourth-order valence-corrected chi connectivity index (χ4v) is 3.02. The van der Waals surface area contributed by atoms with Crippen LogP contribution in [0.5, 0.6) is 0 Å². The predicted octanol–water partition coefficient (Wildman–Crippen LogP) is 4.23. The van der Waals surface area contributed by atoms with Gasteiger partial charge in [-0.1, -0.05) is 31.0 Å². The number of fused-ring (bicyclic) bond motifs is 1. The van der Waals surface area contributed by atoms with Crippen LogP contribution in [0.15, 0.2) is 30.5 Å². The van der Waals surface area contributed by atoms with Crippen molar-refractivity contribution in [1.82, 2.24) is 10.3 Å². The third kappa shape index (κ3) is 14.1. The molecule has 1 aliphatic rings. The van der Waals surface area contributed by atoms with E-state index in [0.717, 1.165) is 37.9 Å². The second-order valence-corrected chi connectivity index (χ2v) is 7.06. The molecule has 2 heterocycles. The Balaban J connectivity index is 0.000000700. The molecule has 0 saturated carbocycles. The number of piperidine rings is 1. The minimum atomic E-state index is -5.19. The molecule has 4 N–H and O–H groups in total. The molecule has 197 valence electrons. The van der Waals surface area contributed by atoms with Gasteiger partial charge in [0.1, 0.15) is 5.97 Å². The number of hydrogen-bond donors (Lipinski definition) is 2. The van der Waals surface area contributed by atoms with Crippen LogP contribution >= 0.6 is 13.3 Å². The molecule has 0 bridgehead atoms. The van der Waals surface area contributed by atoms with Crippen molar-refractivity contribution in [3.63, 3.8) is 0 Å². The number of carboxylic acid groups (broad SMARTS) is 1. The van der Waals surface area contributed by atoms with Crippen LogP contribution in [0.4, 0.5) is 13.2 Å². The number of alkyl halides is 3. The van der Waals surface area contributed by atoms with Crippen LogP contribution in [0.1, 0.15) is 24.8 Å². The van der Waals surface area contributed by atoms with Crippen molar-refractivity contribution in [2.45, 2.75) is 31.9 Å². The number of carboxylic acids is 1. The summed E-state index contributed by atoms with van der Waals surface area (Å²) in [5.41, 5.74) is 15.0. The Hall–Kier alpha value is -1.46. The summed E-state index contributed by atoms with van der Waals surface area (Å²) in [5.74, 6) is -2.30. The summed E-state index contributed by atoms with van der Waals surface area (Å²) in [6, 6.07) is 8.27. The molecule has 0 unspecified atom stereocenters. The summed E-state index contributed by atoms with van der Waals surface area (Å²) < 4.78 is 31.5. The van der Waals surface area contributed by atoms with Crippen LogP contribution in [0.2, 0.25) is 0 Å². The van der Waals surface area contributed by atoms with E-state index in [1.54, 1.807) is 0 Å². The smallest absolute Gasteiger partial charge is 0.171 e. The van der Waals surface area contributed by atoms with Gasteiger partial charge in [0, 0.05) is 30.1 Å². The monoisotopic (exact) mass is 729 g/mol. The average Bonchev–Trinajstić information content (AvgIpc) is 3.24. The fourth-order valence-electron chi connectivity index (χ4n) is 3.02. The second kappa shape index (κ2) is 18.8. The van der Waals surface area contributed by atoms with Gasteiger partial charge in [-0.15, -0.1) is 13.1 Å². The molecular weight excluding hydrogens is 702 g/mol. The minimum Gasteiger partial charge on any atom is -0.679 e. The van der Waals surface area contributed by atoms with Gasteiger partial charge in [-0.25, -0.2) is 0 Å². The third-order valence-electron chi connectivity index (χ3n) is 4.61. The van der Waals surface area contributed by atoms with Crippen molar-refractivity contribution in [2.75, 3.05) is 32.7 Å². The van der Waals surface area contributed by atoms with E-state index in [1.165, 1.54) is 10.9 Å². The number of amides is 1. The van der Waals surface area contributed by atoms with E-state index in [4.69, 9.17) is 21.4 Å². The van der Waals surface area contributed by atoms with Gasteiger partial charge in [-0.3, -0.25) is 4.79 Å². The summed E-state index contributed by atoms with van der Waals surface area (Å²) in [6.45, 7) is 3.03. The van der Waals surface area contributed by atoms with Gasteiger partial charge in [-0.2, -0.15) is 26.3 Å². The first-order chi connectivity index (χ1) is 16.2. The van der Waals surface area contributed by atoms with E-state index >= 15 is 0 Å². The molecule has 0 aliphatic carbocycles. The van der Waals surface area contributed by atoms with Crippen LogP contribution < -0.4 is 10.4 Å². The van der Waals surface area contributed by atoms with Crippen molar-refractivity contribution in [1.29, 1.82) is 0 Å². The number of aromatic nitrogens is 1. The molecule has 8 nitrogen and oxygen atoms in total. The molecule has 1 saturated heterocycles. The van der Waals surface area contributed by atoms with Crippen molar-refractivity contribution >= 4 is 36.1 Å². The molecule has 2 aromatic rings. The largest absolute Gasteiger partial charge is 0.679 e. The zero-order valence-electron chi connectivity index (χ0n) is 18.3. The molecule has 1 aliphatic heterocycles. The number of aromatic amines is 1. The number of para-hydroxylation sites is 1. The van der Waals surface area contributed by atoms with Crippen LogP contribution in [0.25, 0.3) is 27.7 Å². The normalized spacial score (nSPS) is 13.4. The summed E-state index contributed by atoms with van der Waals surface area (Å²) in [4.78, 5) is 24.0. The molecule has 34 heavy (non-hydrogen) atoms. The van der Waals surface area contributed by atoms with Crippen molar-refractivity contribution in [3.05, 3.63) is 52.8 Å². The molecular formula is C21H28BrF3N5O3Pt-4. The second-order valence-electron chi connectivity index (χ2n) is 7.06. The molecule has 13 heteroatoms. The standard InChI is InChI=1S/C17H22N3O.C2HF3O2.C2H6N2.BrH.Pt/c21-17(11-13-5-8-18-9-6-13)19-10-7-14-12-20-16-4-2-1-3-15(14)16;3-2(4,5)1(6)7;3-1-2-4;;/h1-4,12-13,20H,5-11H2,(H,19,21);(H,6,7);3-4H,1-2H2;1H;/q-1;;-2;;+1/p-2. The Morgan fingerprint density at radius 3 is 2.26 bits per heavy atom. The van der Waals surface area contributed by atoms with Crippen molar-refractivity contribution in [3.8, 4) is 0 Å². The fraction of sp³-hybridized carbons (Fsp3) is 0.524. The first kappa shape index (κ1) is 32.5. The number of rotatable bonds is 6. The van der Waals surface area contributed by atoms with E-state index in [2.05, 4.69) is 41.0 Å². The number of carbonyl (C=O) groups excluding carboxylic acids is 2. The van der Waals surface area contributed by atoms with E-state index < -0.39 is 12.1 Å². The van der Waals surface area contributed by atoms with Gasteiger partial charge in [0.25, 0.3) is 0 Å². The summed E-state index contributed by atoms with van der Waals surface area (Å²) in [6.07, 6.45) is 0.504. The van der Waals surface area contributed by atoms with E-state index in [-0.39, 0.29) is 19.0 Å². The van der Waals surface area contributed by atoms with E-state index in [0.29, 0.717) is 18.9 Å². The first-order valence-electron chi connectivity index (χ1n) is 10.3. The van der Waals surface area contributed by atoms with Crippen molar-refractivity contribution < 1.29 is 45.6 Å². The maximum atomic E-state index is 12.0. The first-order valence-corrected chi connectivity index (χ1v) is 15.3. The van der Waals surface area contributed by atoms with Gasteiger partial charge < -0.3 is 37.0 Å². The minimum absolute atomic E-state index is 0.182. The van der Waals surface area contributed by atoms with Crippen LogP contribution in [-0.4, -0.2) is 55.8 Å². The molecule has 1 aromatic heterocycles. The molecule has 1 aromatic carbocycles. The van der Waals surface area contributed by atoms with Gasteiger partial charge >= 0.3 is 37.2 Å². The van der Waals surface area contributed by atoms with Crippen molar-refractivity contribution in [2.24, 2.45) is 5.92 Å². The number of carbonyl (C=O) groups is 2. The van der Waals surface area contributed by atoms with Gasteiger partial charge in [0.15, 0.2) is 0 Å². The van der Waals surface area contributed by atoms with Crippen LogP contribution in [0, 0.1) is 5.92 Å². The zero-order valence-corrected chi connectivity index (χ0v) is 22.2. The third-order valence-corrected chi connectivity index (χ3v) is 4.61. The summed E-state index contributed by atoms with van der Waals surface area (Å²) >= 11 is 4.86. The Labute approximate surface area is 214 Å². The molecule has 0 spiro atoms. The quantitative estimate of drug-likeness (QED) is 0.459. The Bertz CT molecular complexity index is 831. The number of H-pyrrole nitrogens is 1. The number of aliphatic carboxylic acids is 1. The molecule has 1 fully saturated rings. The molecule has 3 rings (SSSR count). The average molecular weight is 730 g/mol. The van der Waals surface area contributed by atoms with Crippen LogP contribution in [-0.2, 0) is 33.8 Å². The van der Waals surface area contributed by atoms with Crippen LogP contribution in [0.3, 0.4) is 0 Å². The SMILES string of the molecule is O=C(CC1CC[N-]CC1)NCCc1c[nH]c2ccccc12.O=C([O-])C(F)(F)F.[Br][Pt].[NH-]CC[NH-]. The molecule has 0 atom stereocenters. The van der Waals surface area contributed by atoms with Gasteiger partial charge in [0.05, 0.1) is 0 Å². The number of nitrogens with one attached hydrogen (secondary N) is 4. The Kier molecular flexibility index (Phi) is 18.0. The Morgan fingerprint density at radius 1 is 1.18 bits per heavy atom. The van der Waals surface area contributed by atoms with E-state index in [9.17, 15) is 18.0 Å². The number of nitrogens with zero attached hydrogens (tertiary/aromatic N) is 1. The molecule has 1 amide bonds. The molecule has 0 radical (unpaired) electrons.